The van der Waals surface area contributed by atoms with Gasteiger partial charge in [0.1, 0.15) is 12.3 Å². The molecule has 3 aromatic rings. The third-order valence-corrected chi connectivity index (χ3v) is 4.38. The van der Waals surface area contributed by atoms with Gasteiger partial charge in [0, 0.05) is 19.5 Å². The largest absolute Gasteiger partial charge is 0.497 e. The van der Waals surface area contributed by atoms with E-state index >= 15 is 0 Å². The molecule has 29 heavy (non-hydrogen) atoms. The summed E-state index contributed by atoms with van der Waals surface area (Å²) in [6.45, 7) is -1.66. The minimum Gasteiger partial charge on any atom is -0.497 e. The van der Waals surface area contributed by atoms with E-state index in [1.54, 1.807) is 48.5 Å². The number of hydrogen-bond donors (Lipinski definition) is 0. The lowest BCUT2D eigenvalue weighted by Gasteiger charge is -2.24. The Bertz CT molecular complexity index is 1040. The number of halogens is 3. The first-order valence-corrected chi connectivity index (χ1v) is 8.82. The van der Waals surface area contributed by atoms with E-state index in [0.29, 0.717) is 22.4 Å². The molecule has 0 N–H and O–H groups in total. The number of rotatable bonds is 7. The van der Waals surface area contributed by atoms with Crippen LogP contribution in [0.2, 0.25) is 0 Å². The predicted octanol–water partition coefficient (Wildman–Crippen LogP) is 3.58. The predicted molar refractivity (Wildman–Crippen MR) is 99.6 cm³/mol. The van der Waals surface area contributed by atoms with Gasteiger partial charge < -0.3 is 14.1 Å². The highest BCUT2D eigenvalue weighted by Gasteiger charge is 2.33. The van der Waals surface area contributed by atoms with E-state index < -0.39 is 24.4 Å². The molecule has 9 heteroatoms. The average molecular weight is 408 g/mol. The Balaban J connectivity index is 1.75. The molecule has 1 heterocycles. The molecular formula is C20H19F3N2O4. The molecule has 0 radical (unpaired) electrons. The Kier molecular flexibility index (Phi) is 5.95. The highest BCUT2D eigenvalue weighted by molar-refractivity contribution is 5.77. The Labute approximate surface area is 164 Å². The smallest absolute Gasteiger partial charge is 0.419 e. The fourth-order valence-corrected chi connectivity index (χ4v) is 2.99. The summed E-state index contributed by atoms with van der Waals surface area (Å²) < 4.78 is 50.3. The quantitative estimate of drug-likeness (QED) is 0.600. The zero-order valence-electron chi connectivity index (χ0n) is 15.6. The van der Waals surface area contributed by atoms with Gasteiger partial charge in [-0.25, -0.2) is 4.79 Å². The zero-order chi connectivity index (χ0) is 21.0. The number of carbonyl (C=O) groups excluding carboxylic acids is 1. The summed E-state index contributed by atoms with van der Waals surface area (Å²) in [4.78, 5) is 25.3. The van der Waals surface area contributed by atoms with Gasteiger partial charge in [-0.1, -0.05) is 24.3 Å². The van der Waals surface area contributed by atoms with Crippen molar-refractivity contribution < 1.29 is 27.1 Å². The minimum atomic E-state index is -4.54. The Morgan fingerprint density at radius 3 is 2.48 bits per heavy atom. The Hall–Kier alpha value is -3.23. The number of alkyl halides is 3. The molecule has 1 amide bonds. The van der Waals surface area contributed by atoms with Crippen molar-refractivity contribution in [2.24, 2.45) is 0 Å². The molecule has 0 aliphatic heterocycles. The second-order valence-corrected chi connectivity index (χ2v) is 6.45. The van der Waals surface area contributed by atoms with E-state index in [0.717, 1.165) is 4.90 Å². The molecule has 0 bridgehead atoms. The molecule has 0 atom stereocenters. The zero-order valence-corrected chi connectivity index (χ0v) is 15.6. The van der Waals surface area contributed by atoms with Gasteiger partial charge in [0.25, 0.3) is 0 Å². The number of nitrogens with zero attached hydrogens (tertiary/aromatic N) is 2. The normalized spacial score (nSPS) is 11.6. The van der Waals surface area contributed by atoms with Crippen LogP contribution >= 0.6 is 0 Å². The van der Waals surface area contributed by atoms with E-state index in [9.17, 15) is 22.8 Å². The van der Waals surface area contributed by atoms with Crippen LogP contribution in [-0.2, 0) is 17.9 Å². The molecule has 0 saturated carbocycles. The number of hydrogen-bond acceptors (Lipinski definition) is 4. The fourth-order valence-electron chi connectivity index (χ4n) is 2.99. The molecule has 0 unspecified atom stereocenters. The van der Waals surface area contributed by atoms with Gasteiger partial charge in [-0.15, -0.1) is 0 Å². The molecule has 0 fully saturated rings. The second-order valence-electron chi connectivity index (χ2n) is 6.45. The van der Waals surface area contributed by atoms with Crippen molar-refractivity contribution in [3.63, 3.8) is 0 Å². The maximum Gasteiger partial charge on any atom is 0.419 e. The molecule has 0 aliphatic carbocycles. The molecule has 0 saturated heterocycles. The van der Waals surface area contributed by atoms with Crippen LogP contribution in [0.1, 0.15) is 12.0 Å². The van der Waals surface area contributed by atoms with Crippen molar-refractivity contribution in [3.8, 4) is 5.75 Å². The molecule has 2 aromatic carbocycles. The number of ether oxygens (including phenoxy) is 1. The number of para-hydroxylation sites is 2. The van der Waals surface area contributed by atoms with Crippen molar-refractivity contribution >= 4 is 17.0 Å². The highest BCUT2D eigenvalue weighted by Crippen LogP contribution is 2.20. The van der Waals surface area contributed by atoms with E-state index in [1.807, 2.05) is 0 Å². The summed E-state index contributed by atoms with van der Waals surface area (Å²) in [6, 6.07) is 13.1. The van der Waals surface area contributed by atoms with Crippen LogP contribution in [0.15, 0.2) is 57.7 Å². The summed E-state index contributed by atoms with van der Waals surface area (Å²) in [5, 5.41) is 0. The third-order valence-electron chi connectivity index (χ3n) is 4.38. The van der Waals surface area contributed by atoms with Crippen LogP contribution in [0.4, 0.5) is 13.2 Å². The van der Waals surface area contributed by atoms with E-state index in [4.69, 9.17) is 9.15 Å². The van der Waals surface area contributed by atoms with Crippen molar-refractivity contribution in [1.29, 1.82) is 0 Å². The topological polar surface area (TPSA) is 64.7 Å². The van der Waals surface area contributed by atoms with Crippen LogP contribution in [-0.4, -0.2) is 35.2 Å². The standard InChI is InChI=1S/C20H19F3N2O4/c1-28-15-8-6-14(7-9-15)12-24(13-20(21,22)23)18(26)10-11-25-16-4-2-3-5-17(16)29-19(25)27/h2-9H,10-13H2,1H3. The molecular weight excluding hydrogens is 389 g/mol. The second kappa shape index (κ2) is 8.42. The summed E-state index contributed by atoms with van der Waals surface area (Å²) in [7, 11) is 1.48. The van der Waals surface area contributed by atoms with Gasteiger partial charge in [-0.05, 0) is 29.8 Å². The molecule has 0 aliphatic rings. The van der Waals surface area contributed by atoms with Crippen LogP contribution in [0.25, 0.3) is 11.1 Å². The number of aromatic nitrogens is 1. The Morgan fingerprint density at radius 1 is 1.14 bits per heavy atom. The molecule has 0 spiro atoms. The third kappa shape index (κ3) is 5.18. The molecule has 1 aromatic heterocycles. The number of aryl methyl sites for hydroxylation is 1. The van der Waals surface area contributed by atoms with E-state index in [-0.39, 0.29) is 19.5 Å². The maximum atomic E-state index is 13.0. The van der Waals surface area contributed by atoms with Crippen molar-refractivity contribution in [1.82, 2.24) is 9.47 Å². The first-order chi connectivity index (χ1) is 13.8. The van der Waals surface area contributed by atoms with Crippen molar-refractivity contribution in [2.45, 2.75) is 25.7 Å². The minimum absolute atomic E-state index is 0.0777. The van der Waals surface area contributed by atoms with Gasteiger partial charge in [-0.3, -0.25) is 9.36 Å². The van der Waals surface area contributed by atoms with Crippen LogP contribution in [0, 0.1) is 0 Å². The SMILES string of the molecule is COc1ccc(CN(CC(F)(F)F)C(=O)CCn2c(=O)oc3ccccc32)cc1. The number of methoxy groups -OCH3 is 1. The molecule has 154 valence electrons. The first-order valence-electron chi connectivity index (χ1n) is 8.82. The molecule has 3 rings (SSSR count). The maximum absolute atomic E-state index is 13.0. The lowest BCUT2D eigenvalue weighted by atomic mass is 10.2. The number of amides is 1. The highest BCUT2D eigenvalue weighted by atomic mass is 19.4. The average Bonchev–Trinajstić information content (AvgIpc) is 3.00. The van der Waals surface area contributed by atoms with Crippen molar-refractivity contribution in [3.05, 3.63) is 64.6 Å². The van der Waals surface area contributed by atoms with Crippen LogP contribution in [0.5, 0.6) is 5.75 Å². The summed E-state index contributed by atoms with van der Waals surface area (Å²) in [6.07, 6.45) is -4.81. The summed E-state index contributed by atoms with van der Waals surface area (Å²) in [5.41, 5.74) is 1.38. The van der Waals surface area contributed by atoms with E-state index in [1.165, 1.54) is 11.7 Å². The van der Waals surface area contributed by atoms with Crippen molar-refractivity contribution in [2.75, 3.05) is 13.7 Å². The molecule has 6 nitrogen and oxygen atoms in total. The van der Waals surface area contributed by atoms with Gasteiger partial charge in [-0.2, -0.15) is 13.2 Å². The van der Waals surface area contributed by atoms with Crippen LogP contribution in [0.3, 0.4) is 0 Å². The van der Waals surface area contributed by atoms with Gasteiger partial charge in [0.05, 0.1) is 12.6 Å². The van der Waals surface area contributed by atoms with Gasteiger partial charge >= 0.3 is 11.9 Å². The number of carbonyl (C=O) groups is 1. The Morgan fingerprint density at radius 2 is 1.83 bits per heavy atom. The van der Waals surface area contributed by atoms with E-state index in [2.05, 4.69) is 0 Å². The number of benzene rings is 2. The summed E-state index contributed by atoms with van der Waals surface area (Å²) >= 11 is 0. The first kappa shape index (κ1) is 20.5. The number of oxazole rings is 1. The lowest BCUT2D eigenvalue weighted by molar-refractivity contribution is -0.162. The fraction of sp³-hybridized carbons (Fsp3) is 0.300. The van der Waals surface area contributed by atoms with Gasteiger partial charge in [0.15, 0.2) is 5.58 Å². The summed E-state index contributed by atoms with van der Waals surface area (Å²) in [5.74, 6) is -0.805. The van der Waals surface area contributed by atoms with Gasteiger partial charge in [0.2, 0.25) is 5.91 Å². The monoisotopic (exact) mass is 408 g/mol. The van der Waals surface area contributed by atoms with Crippen LogP contribution < -0.4 is 10.5 Å². The number of fused-ring (bicyclic) bond motifs is 1. The lowest BCUT2D eigenvalue weighted by Crippen LogP contribution is -2.39.